The number of aromatic nitrogens is 9. The molecule has 6 saturated heterocycles. The average Bonchev–Trinajstić information content (AvgIpc) is 1.73. The topological polar surface area (TPSA) is 382 Å². The normalized spacial score (nSPS) is 23.0. The highest BCUT2D eigenvalue weighted by Gasteiger charge is 2.48. The summed E-state index contributed by atoms with van der Waals surface area (Å²) in [5.74, 6) is -4.07. The van der Waals surface area contributed by atoms with Gasteiger partial charge >= 0.3 is 23.9 Å². The molecular formula is C91H116Cl3N15O14S4. The number of ether oxygens (including phenoxy) is 2. The molecule has 684 valence electrons. The lowest BCUT2D eigenvalue weighted by molar-refractivity contribution is -0.143. The van der Waals surface area contributed by atoms with Crippen molar-refractivity contribution in [3.63, 3.8) is 0 Å². The van der Waals surface area contributed by atoms with Crippen molar-refractivity contribution in [1.82, 2.24) is 58.3 Å². The Kier molecular flexibility index (Phi) is 34.7. The molecule has 36 heteroatoms. The average molecular weight is 1880 g/mol. The maximum absolute atomic E-state index is 14.0. The number of aromatic carboxylic acids is 1. The number of nitrogens with zero attached hydrogens (tertiary/aromatic N) is 12. The van der Waals surface area contributed by atoms with Gasteiger partial charge in [-0.1, -0.05) is 133 Å². The standard InChI is InChI=1S/C31H39N5O4S.C29H35N5O4S.C24H31N3O3.C7H10N2O2S.Cl2OS.ClH/c1-2-40-27(37)16-20-19-41-31(32-20)34-29(38)28-30(39)36(26-13-9-8-12-25(26)33-28)24-17-22-14-15-23(18-24)35(22)21-10-6-4-3-5-7-11-21;35-25(36)14-18-17-39-29(30-18)32-27(37)26-28(38)34(24-11-7-6-10-23(24)31-26)22-15-20-12-13-21(16-22)33(20)19-8-4-2-1-3-5-9-19;28-23-22(24(29)30)25-20-10-6-7-11-21(20)27(23)19-14-17-12-13-18(15-19)26(17)16-8-4-2-1-3-5-9-16;1-2-11-6(10)3-5-4-12-7(8)9-5;1-4(2)3;/h8-9,12-13,19,21-24H,2-7,10-11,14-18H2,1H3,(H,32,34,38);6-7,10-11,17,19-22H,1-5,8-9,12-16H2,(H,35,36)(H,30,32,37);6-7,10-11,16-19H,1-5,8-9,12-15H2,(H,29,30);4H,2-3H2,1H3,(H2,8,9);;1H/t22-,23+,24?;20-,21+,22?;17-,18+,19?;;;. The predicted octanol–water partition coefficient (Wildman–Crippen LogP) is 17.2. The summed E-state index contributed by atoms with van der Waals surface area (Å²) >= 11 is 3.66. The van der Waals surface area contributed by atoms with Gasteiger partial charge in [0, 0.05) is 110 Å². The maximum Gasteiger partial charge on any atom is 0.360 e. The molecule has 3 saturated carbocycles. The Morgan fingerprint density at radius 2 is 0.693 bits per heavy atom. The molecule has 9 atom stereocenters. The van der Waals surface area contributed by atoms with E-state index in [0.29, 0.717) is 111 Å². The summed E-state index contributed by atoms with van der Waals surface area (Å²) in [6.07, 6.45) is 40.5. The Labute approximate surface area is 768 Å². The Balaban J connectivity index is 0.000000150. The Bertz CT molecular complexity index is 5460. The van der Waals surface area contributed by atoms with Crippen molar-refractivity contribution in [3.05, 3.63) is 154 Å². The largest absolute Gasteiger partial charge is 0.481 e. The minimum atomic E-state index is -1.67. The van der Waals surface area contributed by atoms with Gasteiger partial charge in [0.15, 0.2) is 26.8 Å². The lowest BCUT2D eigenvalue weighted by Crippen LogP contribution is -2.50. The molecule has 3 unspecified atom stereocenters. The fraction of sp³-hybridized carbons (Fsp3) is 0.571. The van der Waals surface area contributed by atoms with Gasteiger partial charge in [0.05, 0.1) is 82.7 Å². The number of hydrogen-bond acceptors (Lipinski definition) is 25. The second-order valence-electron chi connectivity index (χ2n) is 34.6. The van der Waals surface area contributed by atoms with Gasteiger partial charge in [-0.15, -0.1) is 46.4 Å². The van der Waals surface area contributed by atoms with Gasteiger partial charge in [0.2, 0.25) is 14.9 Å². The molecular weight excluding hydrogens is 1760 g/mol. The number of piperidine rings is 3. The van der Waals surface area contributed by atoms with Gasteiger partial charge < -0.3 is 39.1 Å². The fourth-order valence-electron chi connectivity index (χ4n) is 21.6. The number of aliphatic carboxylic acids is 1. The van der Waals surface area contributed by atoms with Crippen LogP contribution < -0.4 is 33.0 Å². The molecule has 6 bridgehead atoms. The van der Waals surface area contributed by atoms with E-state index < -0.39 is 38.5 Å². The van der Waals surface area contributed by atoms with Crippen molar-refractivity contribution >= 4 is 161 Å². The van der Waals surface area contributed by atoms with E-state index in [-0.39, 0.29) is 95.1 Å². The number of carbonyl (C=O) groups excluding carboxylic acids is 4. The number of amides is 2. The van der Waals surface area contributed by atoms with Crippen LogP contribution in [-0.4, -0.2) is 176 Å². The molecule has 0 spiro atoms. The molecule has 127 heavy (non-hydrogen) atoms. The van der Waals surface area contributed by atoms with Crippen LogP contribution in [0.3, 0.4) is 0 Å². The third kappa shape index (κ3) is 24.2. The number of nitrogens with two attached hydrogens (primary N) is 1. The van der Waals surface area contributed by atoms with Crippen LogP contribution in [0.15, 0.2) is 103 Å². The fourth-order valence-corrected chi connectivity index (χ4v) is 23.6. The maximum atomic E-state index is 14.0. The Hall–Kier alpha value is -8.51. The summed E-state index contributed by atoms with van der Waals surface area (Å²) in [5.41, 5.74) is 9.25. The molecule has 0 radical (unpaired) electrons. The van der Waals surface area contributed by atoms with E-state index >= 15 is 0 Å². The number of fused-ring (bicyclic) bond motifs is 9. The van der Waals surface area contributed by atoms with Crippen molar-refractivity contribution in [3.8, 4) is 0 Å². The first kappa shape index (κ1) is 96.1. The molecule has 12 heterocycles. The second-order valence-corrected chi connectivity index (χ2v) is 39.8. The van der Waals surface area contributed by atoms with Crippen LogP contribution in [-0.2, 0) is 52.3 Å². The van der Waals surface area contributed by atoms with E-state index in [0.717, 1.165) is 66.4 Å². The lowest BCUT2D eigenvalue weighted by atomic mass is 9.89. The number of hydrogen-bond donors (Lipinski definition) is 5. The second kappa shape index (κ2) is 45.8. The van der Waals surface area contributed by atoms with Gasteiger partial charge in [-0.05, 0) is 166 Å². The summed E-state index contributed by atoms with van der Waals surface area (Å²) in [5, 5.41) is 30.1. The zero-order chi connectivity index (χ0) is 88.5. The molecule has 2 amide bonds. The van der Waals surface area contributed by atoms with Crippen LogP contribution >= 0.6 is 67.8 Å². The minimum Gasteiger partial charge on any atom is -0.481 e. The van der Waals surface area contributed by atoms with E-state index in [1.807, 2.05) is 75.9 Å². The van der Waals surface area contributed by atoms with Crippen LogP contribution in [0.4, 0.5) is 15.4 Å². The first-order chi connectivity index (χ1) is 61.1. The number of halogens is 3. The molecule has 18 rings (SSSR count). The SMILES string of the molecule is CCOC(=O)Cc1csc(N)n1.CCOC(=O)Cc1csc(NC(=O)c2nc3ccccc3n(C3C[C@H]4CC[C@@H](C3)N4C3CCCCCCC3)c2=O)n1.Cl.O=C(O)Cc1csc(NC(=O)c2nc3ccccc3n(C3C[C@H]4CC[C@@H](C3)N4C3CCCCCCC3)c2=O)n1.O=C(O)c1nc2ccccc2n(C2C[C@H]3CC[C@@H](C2)N3C2CCCCCCC2)c1=O.O=S(Cl)Cl. The highest BCUT2D eigenvalue weighted by molar-refractivity contribution is 8.26. The summed E-state index contributed by atoms with van der Waals surface area (Å²) < 4.78 is 24.3. The number of benzene rings is 3. The summed E-state index contributed by atoms with van der Waals surface area (Å²) in [6, 6.07) is 27.6. The smallest absolute Gasteiger partial charge is 0.360 e. The van der Waals surface area contributed by atoms with Gasteiger partial charge in [-0.25, -0.2) is 38.9 Å². The van der Waals surface area contributed by atoms with Gasteiger partial charge in [0.25, 0.3) is 28.5 Å². The first-order valence-electron chi connectivity index (χ1n) is 45.2. The number of nitrogen functional groups attached to an aromatic ring is 1. The first-order valence-corrected chi connectivity index (χ1v) is 50.6. The quantitative estimate of drug-likeness (QED) is 0.0371. The third-order valence-corrected chi connectivity index (χ3v) is 28.9. The van der Waals surface area contributed by atoms with Crippen LogP contribution in [0.25, 0.3) is 33.1 Å². The Morgan fingerprint density at radius 3 is 0.992 bits per heavy atom. The number of carboxylic acid groups (broad SMARTS) is 2. The number of nitrogens with one attached hydrogen (secondary N) is 2. The van der Waals surface area contributed by atoms with Crippen LogP contribution in [0.5, 0.6) is 0 Å². The van der Waals surface area contributed by atoms with E-state index in [4.69, 9.17) is 24.5 Å². The van der Waals surface area contributed by atoms with Crippen LogP contribution in [0.1, 0.15) is 292 Å². The number of esters is 2. The van der Waals surface area contributed by atoms with Gasteiger partial charge in [0.1, 0.15) is 0 Å². The van der Waals surface area contributed by atoms with Gasteiger partial charge in [-0.2, -0.15) is 0 Å². The zero-order valence-electron chi connectivity index (χ0n) is 72.0. The molecule has 9 aliphatic rings. The molecule has 3 aromatic carbocycles. The Morgan fingerprint density at radius 1 is 0.409 bits per heavy atom. The third-order valence-electron chi connectivity index (χ3n) is 26.6. The monoisotopic (exact) mass is 1880 g/mol. The number of carbonyl (C=O) groups is 6. The van der Waals surface area contributed by atoms with E-state index in [1.165, 1.54) is 196 Å². The highest BCUT2D eigenvalue weighted by atomic mass is 36.0. The van der Waals surface area contributed by atoms with Crippen molar-refractivity contribution in [2.45, 2.75) is 317 Å². The van der Waals surface area contributed by atoms with Crippen molar-refractivity contribution in [2.75, 3.05) is 29.6 Å². The van der Waals surface area contributed by atoms with E-state index in [9.17, 15) is 48.3 Å². The number of para-hydroxylation sites is 6. The number of anilines is 3. The molecule has 9 aromatic rings. The highest BCUT2D eigenvalue weighted by Crippen LogP contribution is 2.48. The number of rotatable bonds is 19. The van der Waals surface area contributed by atoms with Crippen molar-refractivity contribution in [1.29, 1.82) is 0 Å². The molecule has 6 aliphatic heterocycles. The minimum absolute atomic E-state index is 0. The number of thiazole rings is 3. The van der Waals surface area contributed by atoms with E-state index in [2.05, 4.69) is 76.6 Å². The van der Waals surface area contributed by atoms with Crippen molar-refractivity contribution < 1.29 is 52.7 Å². The van der Waals surface area contributed by atoms with Gasteiger partial charge in [-0.3, -0.25) is 63.7 Å². The van der Waals surface area contributed by atoms with Crippen LogP contribution in [0, 0.1) is 0 Å². The predicted molar refractivity (Wildman–Crippen MR) is 500 cm³/mol. The van der Waals surface area contributed by atoms with Crippen LogP contribution in [0.2, 0.25) is 0 Å². The molecule has 6 N–H and O–H groups in total. The molecule has 9 fully saturated rings. The zero-order valence-corrected chi connectivity index (χ0v) is 77.6. The summed E-state index contributed by atoms with van der Waals surface area (Å²) in [6.45, 7) is 4.22. The summed E-state index contributed by atoms with van der Waals surface area (Å²) in [7, 11) is 7.36. The lowest BCUT2D eigenvalue weighted by Gasteiger charge is -2.45. The molecule has 29 nitrogen and oxygen atoms in total. The summed E-state index contributed by atoms with van der Waals surface area (Å²) in [4.78, 5) is 147. The molecule has 3 aliphatic carbocycles. The number of carboxylic acids is 2. The molecule has 6 aromatic heterocycles. The van der Waals surface area contributed by atoms with E-state index in [1.54, 1.807) is 40.6 Å². The van der Waals surface area contributed by atoms with Crippen molar-refractivity contribution in [2.24, 2.45) is 0 Å².